The van der Waals surface area contributed by atoms with Crippen LogP contribution in [0.2, 0.25) is 5.02 Å². The SMILES string of the molecule is COc1ccc(S(=O)(=O)N2CCCCCC2)cc1C(=O)Nc1ccccc1Cl. The third-order valence-electron chi connectivity index (χ3n) is 4.74. The Morgan fingerprint density at radius 1 is 1.07 bits per heavy atom. The Morgan fingerprint density at radius 2 is 1.75 bits per heavy atom. The van der Waals surface area contributed by atoms with Gasteiger partial charge in [-0.1, -0.05) is 36.6 Å². The second kappa shape index (κ2) is 8.94. The summed E-state index contributed by atoms with van der Waals surface area (Å²) in [4.78, 5) is 12.9. The van der Waals surface area contributed by atoms with Gasteiger partial charge < -0.3 is 10.1 Å². The molecule has 28 heavy (non-hydrogen) atoms. The lowest BCUT2D eigenvalue weighted by Gasteiger charge is -2.20. The Kier molecular flexibility index (Phi) is 6.59. The molecule has 0 unspecified atom stereocenters. The lowest BCUT2D eigenvalue weighted by molar-refractivity contribution is 0.102. The van der Waals surface area contributed by atoms with Crippen LogP contribution in [-0.4, -0.2) is 38.8 Å². The first-order valence-electron chi connectivity index (χ1n) is 9.17. The molecule has 0 aliphatic carbocycles. The lowest BCUT2D eigenvalue weighted by Crippen LogP contribution is -2.32. The van der Waals surface area contributed by atoms with Gasteiger partial charge in [-0.15, -0.1) is 0 Å². The first-order chi connectivity index (χ1) is 13.4. The molecule has 0 spiro atoms. The summed E-state index contributed by atoms with van der Waals surface area (Å²) in [5.74, 6) is -0.197. The van der Waals surface area contributed by atoms with Crippen molar-refractivity contribution in [3.8, 4) is 5.75 Å². The van der Waals surface area contributed by atoms with Crippen molar-refractivity contribution in [1.82, 2.24) is 4.31 Å². The highest BCUT2D eigenvalue weighted by atomic mass is 35.5. The van der Waals surface area contributed by atoms with Crippen LogP contribution >= 0.6 is 11.6 Å². The van der Waals surface area contributed by atoms with E-state index in [0.29, 0.717) is 29.5 Å². The van der Waals surface area contributed by atoms with Crippen molar-refractivity contribution in [3.63, 3.8) is 0 Å². The molecule has 1 aliphatic rings. The van der Waals surface area contributed by atoms with E-state index in [4.69, 9.17) is 16.3 Å². The average Bonchev–Trinajstić information content (AvgIpc) is 2.99. The zero-order valence-corrected chi connectivity index (χ0v) is 17.2. The summed E-state index contributed by atoms with van der Waals surface area (Å²) < 4.78 is 32.9. The van der Waals surface area contributed by atoms with Gasteiger partial charge in [-0.05, 0) is 43.2 Å². The minimum Gasteiger partial charge on any atom is -0.496 e. The predicted molar refractivity (Wildman–Crippen MR) is 110 cm³/mol. The van der Waals surface area contributed by atoms with Gasteiger partial charge in [0.05, 0.1) is 28.3 Å². The topological polar surface area (TPSA) is 75.7 Å². The van der Waals surface area contributed by atoms with Gasteiger partial charge in [0.1, 0.15) is 5.75 Å². The van der Waals surface area contributed by atoms with Crippen LogP contribution in [-0.2, 0) is 10.0 Å². The first kappa shape index (κ1) is 20.6. The average molecular weight is 423 g/mol. The smallest absolute Gasteiger partial charge is 0.259 e. The van der Waals surface area contributed by atoms with Crippen LogP contribution in [0.3, 0.4) is 0 Å². The standard InChI is InChI=1S/C20H23ClN2O4S/c1-27-19-11-10-15(28(25,26)23-12-6-2-3-7-13-23)14-16(19)20(24)22-18-9-5-4-8-17(18)21/h4-5,8-11,14H,2-3,6-7,12-13H2,1H3,(H,22,24). The molecule has 0 aromatic heterocycles. The Bertz CT molecular complexity index is 954. The Hall–Kier alpha value is -2.09. The van der Waals surface area contributed by atoms with Crippen LogP contribution in [0.5, 0.6) is 5.75 Å². The van der Waals surface area contributed by atoms with Gasteiger partial charge in [0, 0.05) is 13.1 Å². The van der Waals surface area contributed by atoms with Crippen LogP contribution in [0.1, 0.15) is 36.0 Å². The van der Waals surface area contributed by atoms with Crippen LogP contribution in [0.25, 0.3) is 0 Å². The number of hydrogen-bond donors (Lipinski definition) is 1. The minimum absolute atomic E-state index is 0.0829. The summed E-state index contributed by atoms with van der Waals surface area (Å²) in [7, 11) is -2.24. The lowest BCUT2D eigenvalue weighted by atomic mass is 10.2. The quantitative estimate of drug-likeness (QED) is 0.784. The fourth-order valence-corrected chi connectivity index (χ4v) is 4.94. The number of ether oxygens (including phenoxy) is 1. The third kappa shape index (κ3) is 4.48. The fourth-order valence-electron chi connectivity index (χ4n) is 3.21. The number of methoxy groups -OCH3 is 1. The molecule has 1 amide bonds. The molecule has 0 radical (unpaired) electrons. The zero-order valence-electron chi connectivity index (χ0n) is 15.7. The van der Waals surface area contributed by atoms with Gasteiger partial charge in [-0.3, -0.25) is 4.79 Å². The number of carbonyl (C=O) groups is 1. The van der Waals surface area contributed by atoms with Gasteiger partial charge >= 0.3 is 0 Å². The molecule has 1 saturated heterocycles. The first-order valence-corrected chi connectivity index (χ1v) is 11.0. The maximum absolute atomic E-state index is 13.1. The normalized spacial score (nSPS) is 15.6. The van der Waals surface area contributed by atoms with Crippen LogP contribution in [0, 0.1) is 0 Å². The minimum atomic E-state index is -3.68. The summed E-state index contributed by atoms with van der Waals surface area (Å²) in [6.45, 7) is 0.991. The highest BCUT2D eigenvalue weighted by Gasteiger charge is 2.27. The molecular weight excluding hydrogens is 400 g/mol. The number of benzene rings is 2. The molecule has 2 aromatic carbocycles. The second-order valence-electron chi connectivity index (χ2n) is 6.61. The molecular formula is C20H23ClN2O4S. The molecule has 3 rings (SSSR count). The van der Waals surface area contributed by atoms with E-state index in [9.17, 15) is 13.2 Å². The number of anilines is 1. The number of hydrogen-bond acceptors (Lipinski definition) is 4. The predicted octanol–water partition coefficient (Wildman–Crippen LogP) is 4.17. The molecule has 0 bridgehead atoms. The fraction of sp³-hybridized carbons (Fsp3) is 0.350. The van der Waals surface area contributed by atoms with Crippen molar-refractivity contribution >= 4 is 33.2 Å². The van der Waals surface area contributed by atoms with Crippen molar-refractivity contribution < 1.29 is 17.9 Å². The van der Waals surface area contributed by atoms with Gasteiger partial charge in [0.15, 0.2) is 0 Å². The highest BCUT2D eigenvalue weighted by Crippen LogP contribution is 2.28. The van der Waals surface area contributed by atoms with E-state index in [1.54, 1.807) is 24.3 Å². The maximum Gasteiger partial charge on any atom is 0.259 e. The molecule has 0 atom stereocenters. The number of rotatable bonds is 5. The van der Waals surface area contributed by atoms with Crippen molar-refractivity contribution in [2.45, 2.75) is 30.6 Å². The Balaban J connectivity index is 1.93. The van der Waals surface area contributed by atoms with Crippen LogP contribution < -0.4 is 10.1 Å². The summed E-state index contributed by atoms with van der Waals surface area (Å²) in [6.07, 6.45) is 3.74. The molecule has 1 aliphatic heterocycles. The molecule has 1 fully saturated rings. The van der Waals surface area contributed by atoms with Crippen LogP contribution in [0.15, 0.2) is 47.4 Å². The van der Waals surface area contributed by atoms with E-state index in [-0.39, 0.29) is 10.5 Å². The molecule has 8 heteroatoms. The largest absolute Gasteiger partial charge is 0.496 e. The Labute approximate surface area is 170 Å². The summed E-state index contributed by atoms with van der Waals surface area (Å²) in [5, 5.41) is 3.10. The van der Waals surface area contributed by atoms with Gasteiger partial charge in [-0.25, -0.2) is 8.42 Å². The van der Waals surface area contributed by atoms with Gasteiger partial charge in [0.2, 0.25) is 10.0 Å². The second-order valence-corrected chi connectivity index (χ2v) is 8.96. The Morgan fingerprint density at radius 3 is 2.39 bits per heavy atom. The van der Waals surface area contributed by atoms with Gasteiger partial charge in [-0.2, -0.15) is 4.31 Å². The number of amides is 1. The van der Waals surface area contributed by atoms with E-state index in [2.05, 4.69) is 5.32 Å². The van der Waals surface area contributed by atoms with Crippen LogP contribution in [0.4, 0.5) is 5.69 Å². The van der Waals surface area contributed by atoms with E-state index in [0.717, 1.165) is 25.7 Å². The molecule has 0 saturated carbocycles. The number of nitrogens with zero attached hydrogens (tertiary/aromatic N) is 1. The maximum atomic E-state index is 13.1. The highest BCUT2D eigenvalue weighted by molar-refractivity contribution is 7.89. The number of halogens is 1. The summed E-state index contributed by atoms with van der Waals surface area (Å²) in [6, 6.07) is 11.2. The van der Waals surface area contributed by atoms with Crippen molar-refractivity contribution in [1.29, 1.82) is 0 Å². The number of nitrogens with one attached hydrogen (secondary N) is 1. The summed E-state index contributed by atoms with van der Waals surface area (Å²) in [5.41, 5.74) is 0.579. The third-order valence-corrected chi connectivity index (χ3v) is 6.96. The molecule has 2 aromatic rings. The number of sulfonamides is 1. The van der Waals surface area contributed by atoms with Crippen molar-refractivity contribution in [2.75, 3.05) is 25.5 Å². The van der Waals surface area contributed by atoms with E-state index in [1.165, 1.54) is 29.6 Å². The molecule has 150 valence electrons. The zero-order chi connectivity index (χ0) is 20.1. The van der Waals surface area contributed by atoms with Crippen molar-refractivity contribution in [2.24, 2.45) is 0 Å². The van der Waals surface area contributed by atoms with E-state index < -0.39 is 15.9 Å². The monoisotopic (exact) mass is 422 g/mol. The summed E-state index contributed by atoms with van der Waals surface area (Å²) >= 11 is 6.10. The molecule has 6 nitrogen and oxygen atoms in total. The number of carbonyl (C=O) groups excluding carboxylic acids is 1. The molecule has 1 heterocycles. The van der Waals surface area contributed by atoms with E-state index in [1.807, 2.05) is 0 Å². The van der Waals surface area contributed by atoms with E-state index >= 15 is 0 Å². The molecule has 1 N–H and O–H groups in total. The van der Waals surface area contributed by atoms with Gasteiger partial charge in [0.25, 0.3) is 5.91 Å². The number of para-hydroxylation sites is 1. The van der Waals surface area contributed by atoms with Crippen molar-refractivity contribution in [3.05, 3.63) is 53.1 Å².